The van der Waals surface area contributed by atoms with Gasteiger partial charge in [0, 0.05) is 0 Å². The van der Waals surface area contributed by atoms with Crippen LogP contribution in [0.4, 0.5) is 0 Å². The van der Waals surface area contributed by atoms with E-state index >= 15 is 0 Å². The molecule has 2 N–H and O–H groups in total. The number of hydrogen-bond acceptors (Lipinski definition) is 4. The standard InChI is InChI=1S/2C7H8ClNO2S.Na.H/c2*1-6-2-4-7(5-3-6)12(10,11)9-8;;/h2*2-5,9H,1H3;;. The number of benzene rings is 2. The molecule has 25 heavy (non-hydrogen) atoms. The Bertz CT molecular complexity index is 797. The van der Waals surface area contributed by atoms with Crippen LogP contribution in [0.1, 0.15) is 11.1 Å². The number of halogens is 2. The predicted molar refractivity (Wildman–Crippen MR) is 102 cm³/mol. The third-order valence-corrected chi connectivity index (χ3v) is 6.28. The predicted octanol–water partition coefficient (Wildman–Crippen LogP) is 2.21. The number of aryl methyl sites for hydroxylation is 2. The molecule has 0 fully saturated rings. The van der Waals surface area contributed by atoms with E-state index in [2.05, 4.69) is 0 Å². The Balaban J connectivity index is 0.000000443. The van der Waals surface area contributed by atoms with E-state index in [9.17, 15) is 16.8 Å². The summed E-state index contributed by atoms with van der Waals surface area (Å²) in [5.41, 5.74) is 2.01. The molecule has 0 radical (unpaired) electrons. The van der Waals surface area contributed by atoms with Crippen molar-refractivity contribution in [2.75, 3.05) is 0 Å². The van der Waals surface area contributed by atoms with Crippen LogP contribution in [0.5, 0.6) is 0 Å². The Kier molecular flexibility index (Phi) is 10.8. The van der Waals surface area contributed by atoms with Gasteiger partial charge in [0.1, 0.15) is 0 Å². The van der Waals surface area contributed by atoms with E-state index < -0.39 is 20.0 Å². The van der Waals surface area contributed by atoms with Gasteiger partial charge in [-0.3, -0.25) is 0 Å². The molecule has 134 valence electrons. The Hall–Kier alpha value is -0.160. The SMILES string of the molecule is Cc1ccc(S(=O)(=O)NCl)cc1.Cc1ccc(S(=O)(=O)NCl)cc1.[NaH]. The molecule has 0 aliphatic heterocycles. The zero-order valence-corrected chi connectivity index (χ0v) is 16.0. The van der Waals surface area contributed by atoms with Crippen LogP contribution in [0, 0.1) is 13.8 Å². The Morgan fingerprint density at radius 3 is 1.08 bits per heavy atom. The second-order valence-corrected chi connectivity index (χ2v) is 8.98. The van der Waals surface area contributed by atoms with Crippen LogP contribution in [-0.2, 0) is 20.0 Å². The van der Waals surface area contributed by atoms with Gasteiger partial charge in [-0.2, -0.15) is 0 Å². The first-order chi connectivity index (χ1) is 11.1. The first-order valence-electron chi connectivity index (χ1n) is 6.50. The van der Waals surface area contributed by atoms with Gasteiger partial charge >= 0.3 is 29.6 Å². The summed E-state index contributed by atoms with van der Waals surface area (Å²) in [6, 6.07) is 12.8. The van der Waals surface area contributed by atoms with Crippen LogP contribution in [-0.4, -0.2) is 46.4 Å². The summed E-state index contributed by atoms with van der Waals surface area (Å²) in [6.07, 6.45) is 0. The number of nitrogens with one attached hydrogen (secondary N) is 2. The van der Waals surface area contributed by atoms with Gasteiger partial charge in [0.2, 0.25) is 0 Å². The molecular formula is C14H17Cl2N2NaO4S2. The molecule has 0 spiro atoms. The molecular weight excluding hydrogens is 418 g/mol. The molecule has 0 aromatic heterocycles. The molecule has 11 heteroatoms. The van der Waals surface area contributed by atoms with Gasteiger partial charge in [-0.25, -0.2) is 16.8 Å². The first-order valence-corrected chi connectivity index (χ1v) is 10.2. The van der Waals surface area contributed by atoms with E-state index in [0.29, 0.717) is 0 Å². The van der Waals surface area contributed by atoms with Crippen molar-refractivity contribution in [1.29, 1.82) is 0 Å². The molecule has 0 aliphatic carbocycles. The quantitative estimate of drug-likeness (QED) is 0.569. The van der Waals surface area contributed by atoms with E-state index in [1.54, 1.807) is 32.7 Å². The van der Waals surface area contributed by atoms with Gasteiger partial charge in [0.25, 0.3) is 20.0 Å². The van der Waals surface area contributed by atoms with Crippen molar-refractivity contribution >= 4 is 73.2 Å². The zero-order valence-electron chi connectivity index (χ0n) is 12.8. The molecule has 2 rings (SSSR count). The molecule has 2 aromatic carbocycles. The summed E-state index contributed by atoms with van der Waals surface area (Å²) in [5.74, 6) is 0. The van der Waals surface area contributed by atoms with Crippen LogP contribution in [0.15, 0.2) is 58.3 Å². The van der Waals surface area contributed by atoms with E-state index in [-0.39, 0.29) is 39.3 Å². The summed E-state index contributed by atoms with van der Waals surface area (Å²) in [5, 5.41) is 0. The van der Waals surface area contributed by atoms with Crippen molar-refractivity contribution < 1.29 is 16.8 Å². The fourth-order valence-corrected chi connectivity index (χ4v) is 3.23. The molecule has 0 atom stereocenters. The molecule has 6 nitrogen and oxygen atoms in total. The second kappa shape index (κ2) is 10.9. The third kappa shape index (κ3) is 7.94. The molecule has 0 aliphatic rings. The van der Waals surface area contributed by atoms with Crippen molar-refractivity contribution in [2.24, 2.45) is 0 Å². The van der Waals surface area contributed by atoms with E-state index in [4.69, 9.17) is 23.6 Å². The van der Waals surface area contributed by atoms with Crippen molar-refractivity contribution in [3.05, 3.63) is 59.7 Å². The molecule has 0 saturated carbocycles. The van der Waals surface area contributed by atoms with Crippen LogP contribution in [0.2, 0.25) is 0 Å². The topological polar surface area (TPSA) is 92.3 Å². The van der Waals surface area contributed by atoms with Gasteiger partial charge in [-0.15, -0.1) is 8.48 Å². The van der Waals surface area contributed by atoms with E-state index in [1.165, 1.54) is 24.3 Å². The van der Waals surface area contributed by atoms with E-state index in [0.717, 1.165) is 11.1 Å². The summed E-state index contributed by atoms with van der Waals surface area (Å²) in [7, 11) is -7.00. The van der Waals surface area contributed by atoms with Gasteiger partial charge in [-0.1, -0.05) is 35.4 Å². The van der Waals surface area contributed by atoms with Gasteiger partial charge < -0.3 is 0 Å². The summed E-state index contributed by atoms with van der Waals surface area (Å²) >= 11 is 10.1. The fourth-order valence-electron chi connectivity index (χ4n) is 1.52. The summed E-state index contributed by atoms with van der Waals surface area (Å²) in [6.45, 7) is 3.76. The number of hydrogen-bond donors (Lipinski definition) is 2. The maximum atomic E-state index is 11.1. The van der Waals surface area contributed by atoms with Crippen LogP contribution in [0.3, 0.4) is 0 Å². The summed E-state index contributed by atoms with van der Waals surface area (Å²) in [4.78, 5) is 0.339. The van der Waals surface area contributed by atoms with Gasteiger partial charge in [0.15, 0.2) is 0 Å². The molecule has 0 amide bonds. The Morgan fingerprint density at radius 2 is 0.880 bits per heavy atom. The molecule has 0 saturated heterocycles. The minimum atomic E-state index is -3.50. The Labute approximate surface area is 180 Å². The fraction of sp³-hybridized carbons (Fsp3) is 0.143. The van der Waals surface area contributed by atoms with Crippen molar-refractivity contribution in [3.63, 3.8) is 0 Å². The normalized spacial score (nSPS) is 11.0. The van der Waals surface area contributed by atoms with Crippen LogP contribution in [0.25, 0.3) is 0 Å². The van der Waals surface area contributed by atoms with Crippen molar-refractivity contribution in [2.45, 2.75) is 23.6 Å². The number of sulfonamides is 2. The average Bonchev–Trinajstić information content (AvgIpc) is 2.56. The summed E-state index contributed by atoms with van der Waals surface area (Å²) < 4.78 is 47.7. The van der Waals surface area contributed by atoms with Crippen molar-refractivity contribution in [3.8, 4) is 0 Å². The molecule has 0 unspecified atom stereocenters. The molecule has 0 heterocycles. The van der Waals surface area contributed by atoms with Gasteiger partial charge in [-0.05, 0) is 61.7 Å². The molecule has 0 bridgehead atoms. The van der Waals surface area contributed by atoms with Crippen LogP contribution < -0.4 is 8.48 Å². The monoisotopic (exact) mass is 434 g/mol. The average molecular weight is 435 g/mol. The second-order valence-electron chi connectivity index (χ2n) is 4.79. The Morgan fingerprint density at radius 1 is 0.640 bits per heavy atom. The first kappa shape index (κ1) is 24.8. The van der Waals surface area contributed by atoms with Crippen LogP contribution >= 0.6 is 23.6 Å². The molecule has 2 aromatic rings. The third-order valence-electron chi connectivity index (χ3n) is 2.87. The van der Waals surface area contributed by atoms with E-state index in [1.807, 2.05) is 13.8 Å². The van der Waals surface area contributed by atoms with Crippen molar-refractivity contribution in [1.82, 2.24) is 8.48 Å². The minimum absolute atomic E-state index is 0. The van der Waals surface area contributed by atoms with Gasteiger partial charge in [0.05, 0.1) is 9.79 Å². The number of rotatable bonds is 4. The zero-order chi connectivity index (χ0) is 18.4. The maximum absolute atomic E-state index is 11.1.